The van der Waals surface area contributed by atoms with Crippen LogP contribution in [0, 0.1) is 10.6 Å². The Balaban J connectivity index is 2.05. The predicted molar refractivity (Wildman–Crippen MR) is 84.2 cm³/mol. The van der Waals surface area contributed by atoms with Crippen LogP contribution in [-0.4, -0.2) is 16.7 Å². The van der Waals surface area contributed by atoms with E-state index in [9.17, 15) is 4.39 Å². The standard InChI is InChI=1S/C15H12ClFN2OS/c1-20-10-3-5-14-13(7-10)18-15(21)19(14)8-9-2-4-12(17)11(16)6-9/h2-7H,8H2,1H3,(H,18,21). The van der Waals surface area contributed by atoms with E-state index in [4.69, 9.17) is 28.6 Å². The highest BCUT2D eigenvalue weighted by atomic mass is 35.5. The molecule has 0 spiro atoms. The Hall–Kier alpha value is -1.85. The van der Waals surface area contributed by atoms with Gasteiger partial charge in [0, 0.05) is 6.07 Å². The second-order valence-corrected chi connectivity index (χ2v) is 5.44. The Morgan fingerprint density at radius 3 is 2.81 bits per heavy atom. The molecule has 3 aromatic rings. The minimum Gasteiger partial charge on any atom is -0.497 e. The molecule has 0 aliphatic heterocycles. The molecule has 0 bridgehead atoms. The summed E-state index contributed by atoms with van der Waals surface area (Å²) in [6, 6.07) is 10.4. The van der Waals surface area contributed by atoms with Crippen molar-refractivity contribution in [3.8, 4) is 5.75 Å². The monoisotopic (exact) mass is 322 g/mol. The maximum absolute atomic E-state index is 13.2. The van der Waals surface area contributed by atoms with Crippen LogP contribution in [0.1, 0.15) is 5.56 Å². The van der Waals surface area contributed by atoms with Gasteiger partial charge in [0.2, 0.25) is 0 Å². The molecule has 108 valence electrons. The minimum atomic E-state index is -0.423. The van der Waals surface area contributed by atoms with E-state index in [1.54, 1.807) is 19.2 Å². The molecule has 1 heterocycles. The lowest BCUT2D eigenvalue weighted by molar-refractivity contribution is 0.415. The average molecular weight is 323 g/mol. The van der Waals surface area contributed by atoms with Crippen LogP contribution in [0.4, 0.5) is 4.39 Å². The highest BCUT2D eigenvalue weighted by molar-refractivity contribution is 7.71. The van der Waals surface area contributed by atoms with Crippen LogP contribution in [0.15, 0.2) is 36.4 Å². The van der Waals surface area contributed by atoms with Crippen LogP contribution < -0.4 is 4.74 Å². The van der Waals surface area contributed by atoms with Crippen molar-refractivity contribution in [3.05, 3.63) is 57.6 Å². The summed E-state index contributed by atoms with van der Waals surface area (Å²) in [5, 5.41) is 0.112. The SMILES string of the molecule is COc1ccc2c(c1)[nH]c(=S)n2Cc1ccc(F)c(Cl)c1. The van der Waals surface area contributed by atoms with Gasteiger partial charge in [0.1, 0.15) is 11.6 Å². The smallest absolute Gasteiger partial charge is 0.178 e. The number of ether oxygens (including phenoxy) is 1. The third kappa shape index (κ3) is 2.66. The summed E-state index contributed by atoms with van der Waals surface area (Å²) in [5.41, 5.74) is 2.74. The van der Waals surface area contributed by atoms with E-state index in [1.165, 1.54) is 6.07 Å². The molecule has 0 atom stereocenters. The van der Waals surface area contributed by atoms with Gasteiger partial charge in [0.15, 0.2) is 4.77 Å². The van der Waals surface area contributed by atoms with Crippen LogP contribution in [-0.2, 0) is 6.54 Å². The van der Waals surface area contributed by atoms with Crippen molar-refractivity contribution in [1.29, 1.82) is 0 Å². The first-order valence-electron chi connectivity index (χ1n) is 6.29. The van der Waals surface area contributed by atoms with E-state index in [2.05, 4.69) is 4.98 Å². The lowest BCUT2D eigenvalue weighted by atomic mass is 10.2. The molecule has 2 aromatic carbocycles. The number of hydrogen-bond donors (Lipinski definition) is 1. The van der Waals surface area contributed by atoms with Gasteiger partial charge in [-0.1, -0.05) is 17.7 Å². The molecule has 0 radical (unpaired) electrons. The number of nitrogens with zero attached hydrogens (tertiary/aromatic N) is 1. The highest BCUT2D eigenvalue weighted by Gasteiger charge is 2.08. The summed E-state index contributed by atoms with van der Waals surface area (Å²) in [7, 11) is 1.62. The molecule has 0 unspecified atom stereocenters. The largest absolute Gasteiger partial charge is 0.497 e. The summed E-state index contributed by atoms with van der Waals surface area (Å²) in [4.78, 5) is 3.14. The molecule has 0 fully saturated rings. The second kappa shape index (κ2) is 5.50. The van der Waals surface area contributed by atoms with Crippen LogP contribution >= 0.6 is 23.8 Å². The van der Waals surface area contributed by atoms with E-state index in [0.717, 1.165) is 22.3 Å². The predicted octanol–water partition coefficient (Wildman–Crippen LogP) is 4.55. The lowest BCUT2D eigenvalue weighted by Crippen LogP contribution is -2.00. The Labute approximate surface area is 130 Å². The third-order valence-electron chi connectivity index (χ3n) is 3.31. The molecule has 0 saturated heterocycles. The molecule has 0 saturated carbocycles. The van der Waals surface area contributed by atoms with Gasteiger partial charge in [-0.3, -0.25) is 0 Å². The van der Waals surface area contributed by atoms with E-state index in [-0.39, 0.29) is 5.02 Å². The Morgan fingerprint density at radius 1 is 1.29 bits per heavy atom. The van der Waals surface area contributed by atoms with Gasteiger partial charge in [-0.15, -0.1) is 0 Å². The van der Waals surface area contributed by atoms with Crippen LogP contribution in [0.2, 0.25) is 5.02 Å². The first kappa shape index (κ1) is 14.1. The molecule has 0 aliphatic rings. The topological polar surface area (TPSA) is 29.9 Å². The van der Waals surface area contributed by atoms with Gasteiger partial charge < -0.3 is 14.3 Å². The van der Waals surface area contributed by atoms with E-state index >= 15 is 0 Å². The van der Waals surface area contributed by atoms with E-state index < -0.39 is 5.82 Å². The Bertz CT molecular complexity index is 872. The van der Waals surface area contributed by atoms with Gasteiger partial charge in [-0.25, -0.2) is 4.39 Å². The van der Waals surface area contributed by atoms with Crippen molar-refractivity contribution in [2.45, 2.75) is 6.54 Å². The number of rotatable bonds is 3. The molecule has 0 amide bonds. The lowest BCUT2D eigenvalue weighted by Gasteiger charge is -2.06. The van der Waals surface area contributed by atoms with Crippen LogP contribution in [0.3, 0.4) is 0 Å². The fourth-order valence-corrected chi connectivity index (χ4v) is 2.72. The quantitative estimate of drug-likeness (QED) is 0.717. The number of methoxy groups -OCH3 is 1. The number of halogens is 2. The van der Waals surface area contributed by atoms with Crippen LogP contribution in [0.5, 0.6) is 5.75 Å². The van der Waals surface area contributed by atoms with E-state index in [0.29, 0.717) is 11.3 Å². The number of H-pyrrole nitrogens is 1. The van der Waals surface area contributed by atoms with Gasteiger partial charge in [-0.05, 0) is 42.0 Å². The number of benzene rings is 2. The molecule has 6 heteroatoms. The zero-order chi connectivity index (χ0) is 15.0. The normalized spacial score (nSPS) is 11.0. The maximum atomic E-state index is 13.2. The second-order valence-electron chi connectivity index (χ2n) is 4.65. The minimum absolute atomic E-state index is 0.112. The van der Waals surface area contributed by atoms with Gasteiger partial charge in [0.25, 0.3) is 0 Å². The zero-order valence-corrected chi connectivity index (χ0v) is 12.8. The summed E-state index contributed by atoms with van der Waals surface area (Å²) in [5.74, 6) is 0.336. The molecule has 3 nitrogen and oxygen atoms in total. The molecule has 1 aromatic heterocycles. The number of hydrogen-bond acceptors (Lipinski definition) is 2. The molecule has 1 N–H and O–H groups in total. The van der Waals surface area contributed by atoms with E-state index in [1.807, 2.05) is 22.8 Å². The Kier molecular flexibility index (Phi) is 3.69. The van der Waals surface area contributed by atoms with Gasteiger partial charge >= 0.3 is 0 Å². The van der Waals surface area contributed by atoms with Crippen molar-refractivity contribution >= 4 is 34.9 Å². The maximum Gasteiger partial charge on any atom is 0.178 e. The first-order valence-corrected chi connectivity index (χ1v) is 7.07. The van der Waals surface area contributed by atoms with Crippen LogP contribution in [0.25, 0.3) is 11.0 Å². The molecule has 3 rings (SSSR count). The summed E-state index contributed by atoms with van der Waals surface area (Å²) in [6.45, 7) is 0.519. The fraction of sp³-hybridized carbons (Fsp3) is 0.133. The molecular weight excluding hydrogens is 311 g/mol. The van der Waals surface area contributed by atoms with Crippen molar-refractivity contribution in [1.82, 2.24) is 9.55 Å². The van der Waals surface area contributed by atoms with Crippen molar-refractivity contribution in [2.24, 2.45) is 0 Å². The fourth-order valence-electron chi connectivity index (χ4n) is 2.25. The number of aromatic amines is 1. The van der Waals surface area contributed by atoms with Gasteiger partial charge in [0.05, 0.1) is 29.7 Å². The van der Waals surface area contributed by atoms with Gasteiger partial charge in [-0.2, -0.15) is 0 Å². The third-order valence-corrected chi connectivity index (χ3v) is 3.92. The number of nitrogens with one attached hydrogen (secondary N) is 1. The van der Waals surface area contributed by atoms with Crippen molar-refractivity contribution in [3.63, 3.8) is 0 Å². The first-order chi connectivity index (χ1) is 10.1. The summed E-state index contributed by atoms with van der Waals surface area (Å²) >= 11 is 11.2. The highest BCUT2D eigenvalue weighted by Crippen LogP contribution is 2.22. The molecule has 21 heavy (non-hydrogen) atoms. The number of imidazole rings is 1. The summed E-state index contributed by atoms with van der Waals surface area (Å²) < 4.78 is 20.9. The summed E-state index contributed by atoms with van der Waals surface area (Å²) in [6.07, 6.45) is 0. The molecular formula is C15H12ClFN2OS. The number of fused-ring (bicyclic) bond motifs is 1. The average Bonchev–Trinajstić information content (AvgIpc) is 2.78. The van der Waals surface area contributed by atoms with Crippen molar-refractivity contribution in [2.75, 3.05) is 7.11 Å². The number of aromatic nitrogens is 2. The Morgan fingerprint density at radius 2 is 2.10 bits per heavy atom. The molecule has 0 aliphatic carbocycles. The van der Waals surface area contributed by atoms with Crippen molar-refractivity contribution < 1.29 is 9.13 Å². The zero-order valence-electron chi connectivity index (χ0n) is 11.2.